The summed E-state index contributed by atoms with van der Waals surface area (Å²) in [5.74, 6) is -0.0193. The van der Waals surface area contributed by atoms with Crippen molar-refractivity contribution in [1.82, 2.24) is 9.88 Å². The SMILES string of the molecule is CCCn1cc(NC(=O)[C@@H]2CCCN2)ccc1=O. The van der Waals surface area contributed by atoms with E-state index in [-0.39, 0.29) is 17.5 Å². The van der Waals surface area contributed by atoms with E-state index < -0.39 is 0 Å². The molecule has 1 aromatic rings. The van der Waals surface area contributed by atoms with Crippen LogP contribution in [0.5, 0.6) is 0 Å². The lowest BCUT2D eigenvalue weighted by Crippen LogP contribution is -2.35. The minimum atomic E-state index is -0.100. The quantitative estimate of drug-likeness (QED) is 0.835. The van der Waals surface area contributed by atoms with Gasteiger partial charge in [-0.2, -0.15) is 0 Å². The largest absolute Gasteiger partial charge is 0.323 e. The Hall–Kier alpha value is -1.62. The number of amides is 1. The van der Waals surface area contributed by atoms with Crippen molar-refractivity contribution >= 4 is 11.6 Å². The molecule has 0 aliphatic carbocycles. The third kappa shape index (κ3) is 2.98. The normalized spacial score (nSPS) is 18.8. The van der Waals surface area contributed by atoms with E-state index in [0.717, 1.165) is 25.8 Å². The predicted molar refractivity (Wildman–Crippen MR) is 70.6 cm³/mol. The van der Waals surface area contributed by atoms with E-state index in [1.165, 1.54) is 6.07 Å². The summed E-state index contributed by atoms with van der Waals surface area (Å²) >= 11 is 0. The van der Waals surface area contributed by atoms with Gasteiger partial charge in [0.1, 0.15) is 0 Å². The highest BCUT2D eigenvalue weighted by atomic mass is 16.2. The molecule has 1 saturated heterocycles. The summed E-state index contributed by atoms with van der Waals surface area (Å²) in [6.45, 7) is 3.58. The van der Waals surface area contributed by atoms with E-state index in [1.54, 1.807) is 16.8 Å². The molecule has 1 aromatic heterocycles. The van der Waals surface area contributed by atoms with Gasteiger partial charge in [0.25, 0.3) is 5.56 Å². The summed E-state index contributed by atoms with van der Waals surface area (Å²) in [5.41, 5.74) is 0.649. The summed E-state index contributed by atoms with van der Waals surface area (Å²) in [7, 11) is 0. The first-order valence-electron chi connectivity index (χ1n) is 6.45. The van der Waals surface area contributed by atoms with Gasteiger partial charge in [0.2, 0.25) is 5.91 Å². The Kier molecular flexibility index (Phi) is 4.15. The molecule has 1 amide bonds. The second-order valence-electron chi connectivity index (χ2n) is 4.59. The molecule has 2 heterocycles. The number of rotatable bonds is 4. The van der Waals surface area contributed by atoms with Crippen molar-refractivity contribution < 1.29 is 4.79 Å². The summed E-state index contributed by atoms with van der Waals surface area (Å²) in [6, 6.07) is 3.05. The molecule has 0 aromatic carbocycles. The highest BCUT2D eigenvalue weighted by Crippen LogP contribution is 2.09. The smallest absolute Gasteiger partial charge is 0.250 e. The van der Waals surface area contributed by atoms with Crippen LogP contribution in [0.25, 0.3) is 0 Å². The van der Waals surface area contributed by atoms with Crippen molar-refractivity contribution in [3.05, 3.63) is 28.7 Å². The third-order valence-electron chi connectivity index (χ3n) is 3.09. The maximum Gasteiger partial charge on any atom is 0.250 e. The number of hydrogen-bond donors (Lipinski definition) is 2. The van der Waals surface area contributed by atoms with Crippen molar-refractivity contribution in [2.24, 2.45) is 0 Å². The van der Waals surface area contributed by atoms with Gasteiger partial charge in [-0.3, -0.25) is 9.59 Å². The van der Waals surface area contributed by atoms with E-state index in [9.17, 15) is 9.59 Å². The van der Waals surface area contributed by atoms with E-state index >= 15 is 0 Å². The maximum atomic E-state index is 11.9. The Labute approximate surface area is 106 Å². The molecule has 5 nitrogen and oxygen atoms in total. The zero-order valence-electron chi connectivity index (χ0n) is 10.6. The molecule has 2 rings (SSSR count). The molecule has 0 saturated carbocycles. The monoisotopic (exact) mass is 249 g/mol. The lowest BCUT2D eigenvalue weighted by atomic mass is 10.2. The van der Waals surface area contributed by atoms with Crippen molar-refractivity contribution in [3.63, 3.8) is 0 Å². The average Bonchev–Trinajstić information content (AvgIpc) is 2.87. The number of pyridine rings is 1. The first kappa shape index (κ1) is 12.8. The molecule has 98 valence electrons. The lowest BCUT2D eigenvalue weighted by molar-refractivity contribution is -0.117. The Morgan fingerprint density at radius 1 is 1.56 bits per heavy atom. The molecule has 1 fully saturated rings. The first-order chi connectivity index (χ1) is 8.70. The molecule has 0 bridgehead atoms. The fourth-order valence-corrected chi connectivity index (χ4v) is 2.16. The summed E-state index contributed by atoms with van der Waals surface area (Å²) < 4.78 is 1.62. The van der Waals surface area contributed by atoms with Gasteiger partial charge in [0.05, 0.1) is 11.7 Å². The topological polar surface area (TPSA) is 63.1 Å². The van der Waals surface area contributed by atoms with Crippen LogP contribution in [0.2, 0.25) is 0 Å². The predicted octanol–water partition coefficient (Wildman–Crippen LogP) is 0.949. The Bertz CT molecular complexity index is 475. The minimum absolute atomic E-state index is 0.0193. The number of aromatic nitrogens is 1. The van der Waals surface area contributed by atoms with Gasteiger partial charge in [-0.25, -0.2) is 0 Å². The van der Waals surface area contributed by atoms with Crippen LogP contribution in [0.1, 0.15) is 26.2 Å². The highest BCUT2D eigenvalue weighted by molar-refractivity contribution is 5.94. The number of anilines is 1. The second kappa shape index (κ2) is 5.82. The summed E-state index contributed by atoms with van der Waals surface area (Å²) in [5, 5.41) is 6.00. The summed E-state index contributed by atoms with van der Waals surface area (Å²) in [4.78, 5) is 23.4. The Morgan fingerprint density at radius 2 is 2.39 bits per heavy atom. The van der Waals surface area contributed by atoms with Crippen molar-refractivity contribution in [1.29, 1.82) is 0 Å². The highest BCUT2D eigenvalue weighted by Gasteiger charge is 2.21. The van der Waals surface area contributed by atoms with Gasteiger partial charge in [0, 0.05) is 18.8 Å². The number of aryl methyl sites for hydroxylation is 1. The third-order valence-corrected chi connectivity index (χ3v) is 3.09. The molecular weight excluding hydrogens is 230 g/mol. The minimum Gasteiger partial charge on any atom is -0.323 e. The van der Waals surface area contributed by atoms with Crippen molar-refractivity contribution in [2.75, 3.05) is 11.9 Å². The molecule has 0 radical (unpaired) electrons. The fourth-order valence-electron chi connectivity index (χ4n) is 2.16. The van der Waals surface area contributed by atoms with Crippen molar-refractivity contribution in [3.8, 4) is 0 Å². The van der Waals surface area contributed by atoms with Crippen LogP contribution < -0.4 is 16.2 Å². The molecule has 18 heavy (non-hydrogen) atoms. The molecule has 5 heteroatoms. The van der Waals surface area contributed by atoms with Gasteiger partial charge in [-0.1, -0.05) is 6.92 Å². The molecule has 1 aliphatic heterocycles. The maximum absolute atomic E-state index is 11.9. The first-order valence-corrected chi connectivity index (χ1v) is 6.45. The van der Waals surface area contributed by atoms with Gasteiger partial charge < -0.3 is 15.2 Å². The van der Waals surface area contributed by atoms with Gasteiger partial charge >= 0.3 is 0 Å². The van der Waals surface area contributed by atoms with Crippen LogP contribution in [0.15, 0.2) is 23.1 Å². The van der Waals surface area contributed by atoms with Crippen molar-refractivity contribution in [2.45, 2.75) is 38.8 Å². The van der Waals surface area contributed by atoms with E-state index in [1.807, 2.05) is 6.92 Å². The molecule has 1 aliphatic rings. The molecule has 2 N–H and O–H groups in total. The van der Waals surface area contributed by atoms with Crippen LogP contribution in [0.3, 0.4) is 0 Å². The number of carbonyl (C=O) groups excluding carboxylic acids is 1. The number of nitrogens with zero attached hydrogens (tertiary/aromatic N) is 1. The van der Waals surface area contributed by atoms with Crippen LogP contribution in [0, 0.1) is 0 Å². The van der Waals surface area contributed by atoms with Crippen LogP contribution in [-0.4, -0.2) is 23.1 Å². The lowest BCUT2D eigenvalue weighted by Gasteiger charge is -2.12. The van der Waals surface area contributed by atoms with Gasteiger partial charge in [-0.05, 0) is 31.9 Å². The summed E-state index contributed by atoms with van der Waals surface area (Å²) in [6.07, 6.45) is 4.51. The number of nitrogens with one attached hydrogen (secondary N) is 2. The average molecular weight is 249 g/mol. The molecule has 0 unspecified atom stereocenters. The van der Waals surface area contributed by atoms with Crippen LogP contribution >= 0.6 is 0 Å². The Balaban J connectivity index is 2.06. The molecule has 0 spiro atoms. The van der Waals surface area contributed by atoms with E-state index in [2.05, 4.69) is 10.6 Å². The zero-order valence-corrected chi connectivity index (χ0v) is 10.6. The molecule has 1 atom stereocenters. The van der Waals surface area contributed by atoms with Crippen LogP contribution in [-0.2, 0) is 11.3 Å². The standard InChI is InChI=1S/C13H19N3O2/c1-2-8-16-9-10(5-6-12(16)17)15-13(18)11-4-3-7-14-11/h5-6,9,11,14H,2-4,7-8H2,1H3,(H,15,18)/t11-/m0/s1. The van der Waals surface area contributed by atoms with E-state index in [4.69, 9.17) is 0 Å². The second-order valence-corrected chi connectivity index (χ2v) is 4.59. The van der Waals surface area contributed by atoms with E-state index in [0.29, 0.717) is 12.2 Å². The zero-order chi connectivity index (χ0) is 13.0. The number of carbonyl (C=O) groups is 1. The molecular formula is C13H19N3O2. The van der Waals surface area contributed by atoms with Crippen LogP contribution in [0.4, 0.5) is 5.69 Å². The van der Waals surface area contributed by atoms with Gasteiger partial charge in [0.15, 0.2) is 0 Å². The Morgan fingerprint density at radius 3 is 3.06 bits per heavy atom. The van der Waals surface area contributed by atoms with Gasteiger partial charge in [-0.15, -0.1) is 0 Å². The fraction of sp³-hybridized carbons (Fsp3) is 0.538. The number of hydrogen-bond acceptors (Lipinski definition) is 3.